The van der Waals surface area contributed by atoms with Crippen LogP contribution in [0.3, 0.4) is 0 Å². The van der Waals surface area contributed by atoms with Gasteiger partial charge in [-0.1, -0.05) is 50.2 Å². The summed E-state index contributed by atoms with van der Waals surface area (Å²) in [6.45, 7) is 5.86. The molecule has 3 rings (SSSR count). The van der Waals surface area contributed by atoms with E-state index >= 15 is 0 Å². The van der Waals surface area contributed by atoms with E-state index in [9.17, 15) is 9.59 Å². The molecule has 1 unspecified atom stereocenters. The minimum atomic E-state index is -0.503. The molecular weight excluding hydrogens is 372 g/mol. The van der Waals surface area contributed by atoms with Crippen molar-refractivity contribution in [2.24, 2.45) is 5.92 Å². The Morgan fingerprint density at radius 2 is 1.86 bits per heavy atom. The van der Waals surface area contributed by atoms with E-state index in [2.05, 4.69) is 17.4 Å². The first-order valence-corrected chi connectivity index (χ1v) is 10.7. The standard InChI is InChI=1S/C22H28N2O3S/c1-16(2)20(23-21(25)19-9-6-14-28-19)22(26)24-12-10-18(11-13-24)27-15-17-7-4-3-5-8-17/h3-9,14,16,18,20H,10-13,15H2,1-2H3,(H,23,25). The number of nitrogens with zero attached hydrogens (tertiary/aromatic N) is 1. The minimum absolute atomic E-state index is 0.00131. The molecule has 5 nitrogen and oxygen atoms in total. The molecule has 1 aromatic heterocycles. The lowest BCUT2D eigenvalue weighted by atomic mass is 10.00. The minimum Gasteiger partial charge on any atom is -0.373 e. The third-order valence-electron chi connectivity index (χ3n) is 5.05. The number of thiophene rings is 1. The van der Waals surface area contributed by atoms with Gasteiger partial charge in [0.15, 0.2) is 0 Å². The molecular formula is C22H28N2O3S. The van der Waals surface area contributed by atoms with Crippen LogP contribution in [0.4, 0.5) is 0 Å². The van der Waals surface area contributed by atoms with E-state index in [1.165, 1.54) is 11.3 Å². The molecule has 0 radical (unpaired) electrons. The number of hydrogen-bond donors (Lipinski definition) is 1. The highest BCUT2D eigenvalue weighted by molar-refractivity contribution is 7.12. The molecule has 0 saturated carbocycles. The Morgan fingerprint density at radius 3 is 2.46 bits per heavy atom. The number of benzene rings is 1. The van der Waals surface area contributed by atoms with E-state index in [0.29, 0.717) is 24.6 Å². The number of ether oxygens (including phenoxy) is 1. The lowest BCUT2D eigenvalue weighted by Crippen LogP contribution is -2.53. The number of amides is 2. The molecule has 0 aliphatic carbocycles. The van der Waals surface area contributed by atoms with Crippen molar-refractivity contribution in [3.63, 3.8) is 0 Å². The predicted octanol–water partition coefficient (Wildman–Crippen LogP) is 3.71. The smallest absolute Gasteiger partial charge is 0.262 e. The second kappa shape index (κ2) is 9.85. The maximum Gasteiger partial charge on any atom is 0.262 e. The van der Waals surface area contributed by atoms with Gasteiger partial charge in [0.1, 0.15) is 6.04 Å². The molecule has 2 aromatic rings. The predicted molar refractivity (Wildman–Crippen MR) is 111 cm³/mol. The summed E-state index contributed by atoms with van der Waals surface area (Å²) >= 11 is 1.38. The molecule has 2 heterocycles. The Balaban J connectivity index is 1.50. The summed E-state index contributed by atoms with van der Waals surface area (Å²) < 4.78 is 6.01. The zero-order valence-corrected chi connectivity index (χ0v) is 17.3. The van der Waals surface area contributed by atoms with Gasteiger partial charge in [-0.15, -0.1) is 11.3 Å². The van der Waals surface area contributed by atoms with E-state index < -0.39 is 6.04 Å². The van der Waals surface area contributed by atoms with Crippen molar-refractivity contribution in [1.82, 2.24) is 10.2 Å². The van der Waals surface area contributed by atoms with Crippen molar-refractivity contribution in [2.45, 2.75) is 45.4 Å². The van der Waals surface area contributed by atoms with Gasteiger partial charge in [-0.05, 0) is 35.8 Å². The van der Waals surface area contributed by atoms with E-state index in [-0.39, 0.29) is 23.8 Å². The van der Waals surface area contributed by atoms with E-state index in [1.54, 1.807) is 6.07 Å². The molecule has 1 fully saturated rings. The molecule has 1 atom stereocenters. The average molecular weight is 401 g/mol. The van der Waals surface area contributed by atoms with Gasteiger partial charge < -0.3 is 15.0 Å². The van der Waals surface area contributed by atoms with Crippen LogP contribution < -0.4 is 5.32 Å². The van der Waals surface area contributed by atoms with Crippen LogP contribution in [0.1, 0.15) is 41.9 Å². The summed E-state index contributed by atoms with van der Waals surface area (Å²) in [5.41, 5.74) is 1.16. The van der Waals surface area contributed by atoms with Crippen LogP contribution in [0.5, 0.6) is 0 Å². The van der Waals surface area contributed by atoms with Gasteiger partial charge in [-0.3, -0.25) is 9.59 Å². The molecule has 0 spiro atoms. The second-order valence-electron chi connectivity index (χ2n) is 7.49. The van der Waals surface area contributed by atoms with E-state index in [0.717, 1.165) is 18.4 Å². The normalized spacial score (nSPS) is 16.2. The first kappa shape index (κ1) is 20.6. The Bertz CT molecular complexity index is 753. The number of nitrogens with one attached hydrogen (secondary N) is 1. The monoisotopic (exact) mass is 400 g/mol. The van der Waals surface area contributed by atoms with Crippen molar-refractivity contribution in [3.05, 3.63) is 58.3 Å². The number of likely N-dealkylation sites (tertiary alicyclic amines) is 1. The van der Waals surface area contributed by atoms with Gasteiger partial charge in [0.05, 0.1) is 17.6 Å². The number of rotatable bonds is 7. The van der Waals surface area contributed by atoms with Gasteiger partial charge >= 0.3 is 0 Å². The summed E-state index contributed by atoms with van der Waals surface area (Å²) in [6.07, 6.45) is 1.81. The van der Waals surface area contributed by atoms with Crippen molar-refractivity contribution < 1.29 is 14.3 Å². The lowest BCUT2D eigenvalue weighted by molar-refractivity contribution is -0.137. The molecule has 1 saturated heterocycles. The highest BCUT2D eigenvalue weighted by atomic mass is 32.1. The molecule has 0 bridgehead atoms. The number of carbonyl (C=O) groups excluding carboxylic acids is 2. The number of piperidine rings is 1. The third-order valence-corrected chi connectivity index (χ3v) is 5.92. The van der Waals surface area contributed by atoms with Crippen molar-refractivity contribution in [3.8, 4) is 0 Å². The average Bonchev–Trinajstić information content (AvgIpc) is 3.26. The Hall–Kier alpha value is -2.18. The third kappa shape index (κ3) is 5.42. The van der Waals surface area contributed by atoms with Gasteiger partial charge in [0.2, 0.25) is 5.91 Å². The fraction of sp³-hybridized carbons (Fsp3) is 0.455. The summed E-state index contributed by atoms with van der Waals surface area (Å²) in [5, 5.41) is 4.79. The maximum atomic E-state index is 13.0. The summed E-state index contributed by atoms with van der Waals surface area (Å²) in [7, 11) is 0. The van der Waals surface area contributed by atoms with Crippen LogP contribution in [0, 0.1) is 5.92 Å². The highest BCUT2D eigenvalue weighted by Gasteiger charge is 2.31. The van der Waals surface area contributed by atoms with Gasteiger partial charge in [0.25, 0.3) is 5.91 Å². The van der Waals surface area contributed by atoms with Crippen molar-refractivity contribution in [2.75, 3.05) is 13.1 Å². The summed E-state index contributed by atoms with van der Waals surface area (Å²) in [6, 6.07) is 13.2. The first-order valence-electron chi connectivity index (χ1n) is 9.83. The second-order valence-corrected chi connectivity index (χ2v) is 8.44. The van der Waals surface area contributed by atoms with Crippen LogP contribution in [-0.4, -0.2) is 41.9 Å². The molecule has 1 aromatic carbocycles. The van der Waals surface area contributed by atoms with Crippen LogP contribution >= 0.6 is 11.3 Å². The summed E-state index contributed by atoms with van der Waals surface area (Å²) in [5.74, 6) is -0.145. The van der Waals surface area contributed by atoms with E-state index in [4.69, 9.17) is 4.74 Å². The van der Waals surface area contributed by atoms with Gasteiger partial charge in [0, 0.05) is 13.1 Å². The van der Waals surface area contributed by atoms with Crippen LogP contribution in [0.25, 0.3) is 0 Å². The zero-order valence-electron chi connectivity index (χ0n) is 16.5. The van der Waals surface area contributed by atoms with Gasteiger partial charge in [-0.25, -0.2) is 0 Å². The topological polar surface area (TPSA) is 58.6 Å². The summed E-state index contributed by atoms with van der Waals surface area (Å²) in [4.78, 5) is 27.9. The maximum absolute atomic E-state index is 13.0. The van der Waals surface area contributed by atoms with Gasteiger partial charge in [-0.2, -0.15) is 0 Å². The zero-order chi connectivity index (χ0) is 19.9. The number of hydrogen-bond acceptors (Lipinski definition) is 4. The van der Waals surface area contributed by atoms with Crippen LogP contribution in [0.15, 0.2) is 47.8 Å². The SMILES string of the molecule is CC(C)C(NC(=O)c1cccs1)C(=O)N1CCC(OCc2ccccc2)CC1. The molecule has 6 heteroatoms. The Kier molecular flexibility index (Phi) is 7.23. The Labute approximate surface area is 170 Å². The molecule has 1 aliphatic rings. The highest BCUT2D eigenvalue weighted by Crippen LogP contribution is 2.18. The fourth-order valence-electron chi connectivity index (χ4n) is 3.36. The quantitative estimate of drug-likeness (QED) is 0.771. The fourth-order valence-corrected chi connectivity index (χ4v) is 3.99. The largest absolute Gasteiger partial charge is 0.373 e. The molecule has 28 heavy (non-hydrogen) atoms. The molecule has 2 amide bonds. The molecule has 1 N–H and O–H groups in total. The van der Waals surface area contributed by atoms with Crippen molar-refractivity contribution in [1.29, 1.82) is 0 Å². The Morgan fingerprint density at radius 1 is 1.14 bits per heavy atom. The van der Waals surface area contributed by atoms with Crippen LogP contribution in [-0.2, 0) is 16.1 Å². The van der Waals surface area contributed by atoms with Crippen molar-refractivity contribution >= 4 is 23.2 Å². The molecule has 150 valence electrons. The number of carbonyl (C=O) groups is 2. The van der Waals surface area contributed by atoms with E-state index in [1.807, 2.05) is 48.4 Å². The molecule has 1 aliphatic heterocycles. The van der Waals surface area contributed by atoms with Crippen LogP contribution in [0.2, 0.25) is 0 Å². The first-order chi connectivity index (χ1) is 13.5. The lowest BCUT2D eigenvalue weighted by Gasteiger charge is -2.35.